The van der Waals surface area contributed by atoms with Crippen LogP contribution in [0.25, 0.3) is 0 Å². The van der Waals surface area contributed by atoms with Crippen molar-refractivity contribution in [2.45, 2.75) is 73.3 Å². The van der Waals surface area contributed by atoms with Gasteiger partial charge in [0, 0.05) is 0 Å². The predicted molar refractivity (Wildman–Crippen MR) is 72.5 cm³/mol. The van der Waals surface area contributed by atoms with Crippen LogP contribution < -0.4 is 0 Å². The topological polar surface area (TPSA) is 20.2 Å². The van der Waals surface area contributed by atoms with Crippen LogP contribution in [0.15, 0.2) is 12.2 Å². The highest BCUT2D eigenvalue weighted by Crippen LogP contribution is 2.46. The van der Waals surface area contributed by atoms with Crippen molar-refractivity contribution in [1.29, 1.82) is 0 Å². The first-order chi connectivity index (χ1) is 7.06. The molecule has 0 aromatic heterocycles. The summed E-state index contributed by atoms with van der Waals surface area (Å²) in [5.74, 6) is 0. The van der Waals surface area contributed by atoms with Crippen LogP contribution in [0.4, 0.5) is 0 Å². The Kier molecular flexibility index (Phi) is 5.25. The molecule has 16 heavy (non-hydrogen) atoms. The van der Waals surface area contributed by atoms with Crippen molar-refractivity contribution >= 4 is 0 Å². The van der Waals surface area contributed by atoms with E-state index in [0.717, 1.165) is 12.8 Å². The normalized spacial score (nSPS) is 14.8. The van der Waals surface area contributed by atoms with Gasteiger partial charge in [-0.05, 0) is 23.7 Å². The summed E-state index contributed by atoms with van der Waals surface area (Å²) in [6.07, 6.45) is 7.33. The quantitative estimate of drug-likeness (QED) is 0.697. The van der Waals surface area contributed by atoms with E-state index < -0.39 is 5.60 Å². The first kappa shape index (κ1) is 15.7. The summed E-state index contributed by atoms with van der Waals surface area (Å²) in [6.45, 7) is 14.9. The second-order valence-corrected chi connectivity index (χ2v) is 6.82. The minimum absolute atomic E-state index is 0.109. The number of hydrogen-bond acceptors (Lipinski definition) is 1. The minimum Gasteiger partial charge on any atom is -0.388 e. The van der Waals surface area contributed by atoms with Crippen LogP contribution >= 0.6 is 0 Å². The molecule has 0 aliphatic heterocycles. The van der Waals surface area contributed by atoms with Gasteiger partial charge >= 0.3 is 0 Å². The summed E-state index contributed by atoms with van der Waals surface area (Å²) < 4.78 is 0. The summed E-state index contributed by atoms with van der Waals surface area (Å²) >= 11 is 0. The van der Waals surface area contributed by atoms with Gasteiger partial charge in [-0.1, -0.05) is 67.0 Å². The van der Waals surface area contributed by atoms with Gasteiger partial charge in [-0.2, -0.15) is 0 Å². The van der Waals surface area contributed by atoms with Crippen molar-refractivity contribution in [3.05, 3.63) is 12.2 Å². The molecule has 0 bridgehead atoms. The molecule has 0 amide bonds. The molecule has 0 fully saturated rings. The highest BCUT2D eigenvalue weighted by Gasteiger charge is 2.47. The van der Waals surface area contributed by atoms with E-state index in [9.17, 15) is 5.11 Å². The van der Waals surface area contributed by atoms with Crippen molar-refractivity contribution in [3.8, 4) is 0 Å². The fourth-order valence-electron chi connectivity index (χ4n) is 2.28. The zero-order valence-electron chi connectivity index (χ0n) is 12.2. The Labute approximate surface area is 102 Å². The van der Waals surface area contributed by atoms with Gasteiger partial charge in [0.1, 0.15) is 0 Å². The van der Waals surface area contributed by atoms with E-state index >= 15 is 0 Å². The maximum absolute atomic E-state index is 10.9. The van der Waals surface area contributed by atoms with Crippen molar-refractivity contribution < 1.29 is 5.11 Å². The Bertz CT molecular complexity index is 211. The zero-order chi connectivity index (χ0) is 13.0. The molecule has 1 N–H and O–H groups in total. The van der Waals surface area contributed by atoms with Gasteiger partial charge < -0.3 is 5.11 Å². The van der Waals surface area contributed by atoms with Crippen LogP contribution in [-0.2, 0) is 0 Å². The molecule has 0 rings (SSSR count). The molecular weight excluding hydrogens is 196 g/mol. The lowest BCUT2D eigenvalue weighted by Crippen LogP contribution is -2.52. The maximum atomic E-state index is 10.9. The molecule has 0 heterocycles. The maximum Gasteiger partial charge on any atom is 0.0777 e. The van der Waals surface area contributed by atoms with E-state index in [4.69, 9.17) is 0 Å². The second kappa shape index (κ2) is 5.35. The van der Waals surface area contributed by atoms with Gasteiger partial charge in [-0.15, -0.1) is 0 Å². The average molecular weight is 226 g/mol. The molecule has 0 aliphatic carbocycles. The smallest absolute Gasteiger partial charge is 0.0777 e. The minimum atomic E-state index is -0.662. The molecule has 0 spiro atoms. The largest absolute Gasteiger partial charge is 0.388 e. The Morgan fingerprint density at radius 2 is 1.31 bits per heavy atom. The van der Waals surface area contributed by atoms with Crippen molar-refractivity contribution in [3.63, 3.8) is 0 Å². The van der Waals surface area contributed by atoms with Crippen LogP contribution in [0.3, 0.4) is 0 Å². The number of unbranched alkanes of at least 4 members (excludes halogenated alkanes) is 1. The third-order valence-electron chi connectivity index (χ3n) is 3.52. The molecule has 0 aromatic rings. The highest BCUT2D eigenvalue weighted by atomic mass is 16.3. The number of allylic oxidation sites excluding steroid dienone is 1. The van der Waals surface area contributed by atoms with Gasteiger partial charge in [0.05, 0.1) is 5.60 Å². The molecule has 0 saturated heterocycles. The van der Waals surface area contributed by atoms with Crippen LogP contribution in [-0.4, -0.2) is 10.7 Å². The van der Waals surface area contributed by atoms with E-state index in [1.165, 1.54) is 6.42 Å². The van der Waals surface area contributed by atoms with E-state index in [-0.39, 0.29) is 10.8 Å². The molecule has 1 heteroatoms. The molecule has 0 atom stereocenters. The molecule has 0 radical (unpaired) electrons. The van der Waals surface area contributed by atoms with Crippen molar-refractivity contribution in [1.82, 2.24) is 0 Å². The highest BCUT2D eigenvalue weighted by molar-refractivity contribution is 5.04. The average Bonchev–Trinajstić information content (AvgIpc) is 2.08. The molecule has 1 nitrogen and oxygen atoms in total. The Morgan fingerprint density at radius 1 is 0.875 bits per heavy atom. The Hall–Kier alpha value is -0.300. The molecule has 0 saturated carbocycles. The fourth-order valence-corrected chi connectivity index (χ4v) is 2.28. The van der Waals surface area contributed by atoms with Gasteiger partial charge in [-0.3, -0.25) is 0 Å². The molecule has 0 aromatic carbocycles. The van der Waals surface area contributed by atoms with E-state index in [2.05, 4.69) is 60.6 Å². The zero-order valence-corrected chi connectivity index (χ0v) is 12.2. The first-order valence-electron chi connectivity index (χ1n) is 6.43. The van der Waals surface area contributed by atoms with E-state index in [0.29, 0.717) is 0 Å². The number of hydrogen-bond donors (Lipinski definition) is 1. The van der Waals surface area contributed by atoms with Gasteiger partial charge in [0.25, 0.3) is 0 Å². The Balaban J connectivity index is 4.85. The van der Waals surface area contributed by atoms with E-state index in [1.807, 2.05) is 0 Å². The van der Waals surface area contributed by atoms with Crippen LogP contribution in [0.1, 0.15) is 67.7 Å². The molecular formula is C15H30O. The monoisotopic (exact) mass is 226 g/mol. The van der Waals surface area contributed by atoms with Gasteiger partial charge in [0.2, 0.25) is 0 Å². The number of aliphatic hydroxyl groups is 1. The SMILES string of the molecule is CCC/C=C/CC(O)(C(C)(C)C)C(C)(C)C. The van der Waals surface area contributed by atoms with Crippen LogP contribution in [0, 0.1) is 10.8 Å². The summed E-state index contributed by atoms with van der Waals surface area (Å²) in [4.78, 5) is 0. The van der Waals surface area contributed by atoms with Crippen molar-refractivity contribution in [2.75, 3.05) is 0 Å². The van der Waals surface area contributed by atoms with Gasteiger partial charge in [0.15, 0.2) is 0 Å². The molecule has 0 unspecified atom stereocenters. The summed E-state index contributed by atoms with van der Waals surface area (Å²) in [6, 6.07) is 0. The lowest BCUT2D eigenvalue weighted by atomic mass is 9.61. The Morgan fingerprint density at radius 3 is 1.62 bits per heavy atom. The van der Waals surface area contributed by atoms with E-state index in [1.54, 1.807) is 0 Å². The standard InChI is InChI=1S/C15H30O/c1-8-9-10-11-12-15(16,13(2,3)4)14(5,6)7/h10-11,16H,8-9,12H2,1-7H3/b11-10+. The van der Waals surface area contributed by atoms with Crippen LogP contribution in [0.5, 0.6) is 0 Å². The second-order valence-electron chi connectivity index (χ2n) is 6.82. The van der Waals surface area contributed by atoms with Crippen LogP contribution in [0.2, 0.25) is 0 Å². The number of rotatable bonds is 4. The van der Waals surface area contributed by atoms with Crippen molar-refractivity contribution in [2.24, 2.45) is 10.8 Å². The first-order valence-corrected chi connectivity index (χ1v) is 6.43. The molecule has 0 aliphatic rings. The summed E-state index contributed by atoms with van der Waals surface area (Å²) in [5.41, 5.74) is -0.881. The lowest BCUT2D eigenvalue weighted by molar-refractivity contribution is -0.134. The summed E-state index contributed by atoms with van der Waals surface area (Å²) in [5, 5.41) is 10.9. The predicted octanol–water partition coefficient (Wildman–Crippen LogP) is 4.56. The third-order valence-corrected chi connectivity index (χ3v) is 3.52. The summed E-state index contributed by atoms with van der Waals surface area (Å²) in [7, 11) is 0. The van der Waals surface area contributed by atoms with Gasteiger partial charge in [-0.25, -0.2) is 0 Å². The fraction of sp³-hybridized carbons (Fsp3) is 0.867. The lowest BCUT2D eigenvalue weighted by Gasteiger charge is -2.49. The third kappa shape index (κ3) is 3.62. The molecule has 96 valence electrons.